The van der Waals surface area contributed by atoms with Crippen molar-refractivity contribution in [1.82, 2.24) is 0 Å². The highest BCUT2D eigenvalue weighted by molar-refractivity contribution is 5.53. The molecule has 4 heteroatoms. The zero-order chi connectivity index (χ0) is 12.3. The Bertz CT molecular complexity index is 494. The molecule has 17 heavy (non-hydrogen) atoms. The first-order valence-electron chi connectivity index (χ1n) is 5.59. The first kappa shape index (κ1) is 11.4. The van der Waals surface area contributed by atoms with Gasteiger partial charge in [0.25, 0.3) is 0 Å². The van der Waals surface area contributed by atoms with Gasteiger partial charge in [0.05, 0.1) is 24.1 Å². The van der Waals surface area contributed by atoms with Crippen LogP contribution in [0.1, 0.15) is 24.8 Å². The van der Waals surface area contributed by atoms with Crippen molar-refractivity contribution >= 4 is 5.69 Å². The van der Waals surface area contributed by atoms with Gasteiger partial charge in [-0.3, -0.25) is 0 Å². The van der Waals surface area contributed by atoms with Crippen molar-refractivity contribution in [3.8, 4) is 12.1 Å². The molecule has 2 rings (SSSR count). The molecule has 1 aliphatic carbocycles. The summed E-state index contributed by atoms with van der Waals surface area (Å²) in [4.78, 5) is 2.02. The molecule has 0 atom stereocenters. The van der Waals surface area contributed by atoms with E-state index >= 15 is 0 Å². The molecular weight excluding hydrogens is 217 g/mol. The van der Waals surface area contributed by atoms with Crippen molar-refractivity contribution in [3.05, 3.63) is 29.6 Å². The normalized spacial score (nSPS) is 13.8. The van der Waals surface area contributed by atoms with Gasteiger partial charge in [-0.1, -0.05) is 0 Å². The first-order valence-corrected chi connectivity index (χ1v) is 5.59. The molecule has 0 bridgehead atoms. The van der Waals surface area contributed by atoms with Crippen molar-refractivity contribution in [1.29, 1.82) is 10.5 Å². The summed E-state index contributed by atoms with van der Waals surface area (Å²) in [5, 5.41) is 17.4. The number of halogens is 1. The number of benzene rings is 1. The molecule has 0 aromatic heterocycles. The quantitative estimate of drug-likeness (QED) is 0.797. The third-order valence-corrected chi connectivity index (χ3v) is 2.80. The number of hydrogen-bond acceptors (Lipinski definition) is 3. The fourth-order valence-corrected chi connectivity index (χ4v) is 1.88. The molecule has 0 unspecified atom stereocenters. The summed E-state index contributed by atoms with van der Waals surface area (Å²) in [7, 11) is 0. The Hall–Kier alpha value is -2.07. The smallest absolute Gasteiger partial charge is 0.126 e. The number of rotatable bonds is 4. The van der Waals surface area contributed by atoms with Crippen molar-refractivity contribution < 1.29 is 4.39 Å². The Kier molecular flexibility index (Phi) is 3.25. The highest BCUT2D eigenvalue weighted by Gasteiger charge is 2.29. The second kappa shape index (κ2) is 4.84. The molecule has 3 nitrogen and oxygen atoms in total. The average molecular weight is 229 g/mol. The van der Waals surface area contributed by atoms with E-state index in [4.69, 9.17) is 10.5 Å². The molecule has 0 amide bonds. The van der Waals surface area contributed by atoms with E-state index in [-0.39, 0.29) is 0 Å². The first-order chi connectivity index (χ1) is 8.24. The Labute approximate surface area is 99.7 Å². The number of nitriles is 2. The third-order valence-electron chi connectivity index (χ3n) is 2.80. The van der Waals surface area contributed by atoms with E-state index in [1.54, 1.807) is 6.07 Å². The van der Waals surface area contributed by atoms with Crippen LogP contribution in [0.3, 0.4) is 0 Å². The summed E-state index contributed by atoms with van der Waals surface area (Å²) >= 11 is 0. The summed E-state index contributed by atoms with van der Waals surface area (Å²) in [5.74, 6) is -0.401. The van der Waals surface area contributed by atoms with Gasteiger partial charge in [-0.05, 0) is 31.0 Å². The summed E-state index contributed by atoms with van der Waals surface area (Å²) in [6, 6.07) is 8.77. The Morgan fingerprint density at radius 3 is 2.65 bits per heavy atom. The Morgan fingerprint density at radius 2 is 2.06 bits per heavy atom. The van der Waals surface area contributed by atoms with Gasteiger partial charge in [0.2, 0.25) is 0 Å². The van der Waals surface area contributed by atoms with Crippen LogP contribution in [0.2, 0.25) is 0 Å². The molecule has 0 radical (unpaired) electrons. The fraction of sp³-hybridized carbons (Fsp3) is 0.385. The lowest BCUT2D eigenvalue weighted by Crippen LogP contribution is -2.26. The zero-order valence-electron chi connectivity index (χ0n) is 9.36. The van der Waals surface area contributed by atoms with Gasteiger partial charge in [0.15, 0.2) is 0 Å². The molecule has 86 valence electrons. The lowest BCUT2D eigenvalue weighted by molar-refractivity contribution is 0.625. The zero-order valence-corrected chi connectivity index (χ0v) is 9.36. The number of anilines is 1. The molecule has 1 fully saturated rings. The third kappa shape index (κ3) is 2.73. The van der Waals surface area contributed by atoms with Gasteiger partial charge in [-0.25, -0.2) is 4.39 Å². The van der Waals surface area contributed by atoms with E-state index < -0.39 is 5.82 Å². The van der Waals surface area contributed by atoms with Crippen molar-refractivity contribution in [2.24, 2.45) is 0 Å². The highest BCUT2D eigenvalue weighted by Crippen LogP contribution is 2.32. The van der Waals surface area contributed by atoms with E-state index in [0.717, 1.165) is 12.8 Å². The maximum Gasteiger partial charge on any atom is 0.126 e. The Balaban J connectivity index is 2.26. The van der Waals surface area contributed by atoms with E-state index in [1.165, 1.54) is 12.1 Å². The van der Waals surface area contributed by atoms with Crippen LogP contribution in [0.25, 0.3) is 0 Å². The molecule has 0 N–H and O–H groups in total. The molecule has 1 aromatic rings. The van der Waals surface area contributed by atoms with Gasteiger partial charge in [-0.15, -0.1) is 0 Å². The lowest BCUT2D eigenvalue weighted by atomic mass is 10.2. The van der Waals surface area contributed by atoms with Crippen LogP contribution in [0.5, 0.6) is 0 Å². The van der Waals surface area contributed by atoms with Crippen molar-refractivity contribution in [2.75, 3.05) is 11.4 Å². The van der Waals surface area contributed by atoms with Gasteiger partial charge in [0, 0.05) is 18.3 Å². The van der Waals surface area contributed by atoms with Gasteiger partial charge >= 0.3 is 0 Å². The van der Waals surface area contributed by atoms with E-state index in [9.17, 15) is 4.39 Å². The van der Waals surface area contributed by atoms with Gasteiger partial charge < -0.3 is 4.90 Å². The van der Waals surface area contributed by atoms with Crippen molar-refractivity contribution in [2.45, 2.75) is 25.3 Å². The minimum Gasteiger partial charge on any atom is -0.367 e. The summed E-state index contributed by atoms with van der Waals surface area (Å²) in [5.41, 5.74) is 1.03. The van der Waals surface area contributed by atoms with Crippen LogP contribution in [0.15, 0.2) is 18.2 Å². The van der Waals surface area contributed by atoms with E-state index in [0.29, 0.717) is 30.3 Å². The lowest BCUT2D eigenvalue weighted by Gasteiger charge is -2.23. The largest absolute Gasteiger partial charge is 0.367 e. The number of nitrogens with zero attached hydrogens (tertiary/aromatic N) is 3. The minimum absolute atomic E-state index is 0.322. The SMILES string of the molecule is N#CCCN(c1cc(F)cc(C#N)c1)C1CC1. The van der Waals surface area contributed by atoms with E-state index in [2.05, 4.69) is 6.07 Å². The van der Waals surface area contributed by atoms with Crippen LogP contribution < -0.4 is 4.90 Å². The van der Waals surface area contributed by atoms with Gasteiger partial charge in [0.1, 0.15) is 5.82 Å². The molecule has 0 saturated heterocycles. The maximum absolute atomic E-state index is 13.3. The topological polar surface area (TPSA) is 50.8 Å². The predicted octanol–water partition coefficient (Wildman–Crippen LogP) is 2.58. The van der Waals surface area contributed by atoms with Crippen LogP contribution in [-0.4, -0.2) is 12.6 Å². The monoisotopic (exact) mass is 229 g/mol. The van der Waals surface area contributed by atoms with Crippen molar-refractivity contribution in [3.63, 3.8) is 0 Å². The fourth-order valence-electron chi connectivity index (χ4n) is 1.88. The molecule has 1 saturated carbocycles. The Morgan fingerprint density at radius 1 is 1.29 bits per heavy atom. The molecule has 0 aliphatic heterocycles. The second-order valence-electron chi connectivity index (χ2n) is 4.14. The van der Waals surface area contributed by atoms with Crippen LogP contribution >= 0.6 is 0 Å². The minimum atomic E-state index is -0.401. The standard InChI is InChI=1S/C13H12FN3/c14-11-6-10(9-16)7-13(8-11)17(5-1-4-15)12-2-3-12/h6-8,12H,1-3,5H2. The maximum atomic E-state index is 13.3. The van der Waals surface area contributed by atoms with Crippen LogP contribution in [0.4, 0.5) is 10.1 Å². The molecule has 1 aliphatic rings. The number of hydrogen-bond donors (Lipinski definition) is 0. The molecule has 1 aromatic carbocycles. The molecule has 0 heterocycles. The van der Waals surface area contributed by atoms with Crippen LogP contribution in [-0.2, 0) is 0 Å². The highest BCUT2D eigenvalue weighted by atomic mass is 19.1. The second-order valence-corrected chi connectivity index (χ2v) is 4.14. The predicted molar refractivity (Wildman–Crippen MR) is 61.7 cm³/mol. The van der Waals surface area contributed by atoms with E-state index in [1.807, 2.05) is 11.0 Å². The summed E-state index contributed by atoms with van der Waals surface area (Å²) in [6.07, 6.45) is 2.56. The summed E-state index contributed by atoms with van der Waals surface area (Å²) in [6.45, 7) is 0.593. The summed E-state index contributed by atoms with van der Waals surface area (Å²) < 4.78 is 13.3. The molecular formula is C13H12FN3. The van der Waals surface area contributed by atoms with Gasteiger partial charge in [-0.2, -0.15) is 10.5 Å². The van der Waals surface area contributed by atoms with Crippen LogP contribution in [0, 0.1) is 28.5 Å². The molecule has 0 spiro atoms. The average Bonchev–Trinajstić information content (AvgIpc) is 3.13.